The number of anilines is 1. The molecule has 2 aliphatic heterocycles. The molecule has 0 saturated carbocycles. The second-order valence-corrected chi connectivity index (χ2v) is 10.2. The molecule has 2 aromatic rings. The maximum Gasteiger partial charge on any atom is 0.243 e. The lowest BCUT2D eigenvalue weighted by Crippen LogP contribution is -2.44. The molecule has 2 saturated heterocycles. The van der Waals surface area contributed by atoms with Crippen LogP contribution >= 0.6 is 0 Å². The van der Waals surface area contributed by atoms with Crippen LogP contribution in [0.15, 0.2) is 59.5 Å². The Hall–Kier alpha value is -2.38. The van der Waals surface area contributed by atoms with Crippen LogP contribution in [0.2, 0.25) is 0 Å². The van der Waals surface area contributed by atoms with Gasteiger partial charge in [-0.05, 0) is 50.5 Å². The SMILES string of the molecule is Cc1ccc(S(=O)(=O)N2CCC(C(=O)N3CCC(Nc4ccccc4)C3)CC2)cc1. The molecule has 6 nitrogen and oxygen atoms in total. The number of amides is 1. The Morgan fingerprint density at radius 1 is 0.933 bits per heavy atom. The van der Waals surface area contributed by atoms with E-state index < -0.39 is 10.0 Å². The van der Waals surface area contributed by atoms with E-state index in [2.05, 4.69) is 5.32 Å². The zero-order valence-corrected chi connectivity index (χ0v) is 18.1. The van der Waals surface area contributed by atoms with Gasteiger partial charge in [0.2, 0.25) is 15.9 Å². The lowest BCUT2D eigenvalue weighted by molar-refractivity contribution is -0.135. The minimum Gasteiger partial charge on any atom is -0.380 e. The quantitative estimate of drug-likeness (QED) is 0.796. The van der Waals surface area contributed by atoms with Gasteiger partial charge in [-0.1, -0.05) is 35.9 Å². The number of hydrogen-bond acceptors (Lipinski definition) is 4. The third kappa shape index (κ3) is 4.52. The average molecular weight is 428 g/mol. The highest BCUT2D eigenvalue weighted by Gasteiger charge is 2.35. The fourth-order valence-corrected chi connectivity index (χ4v) is 5.78. The van der Waals surface area contributed by atoms with Crippen molar-refractivity contribution in [1.29, 1.82) is 0 Å². The molecule has 2 fully saturated rings. The van der Waals surface area contributed by atoms with Crippen molar-refractivity contribution in [3.8, 4) is 0 Å². The number of carbonyl (C=O) groups excluding carboxylic acids is 1. The second kappa shape index (κ2) is 8.78. The van der Waals surface area contributed by atoms with E-state index >= 15 is 0 Å². The predicted octanol–water partition coefficient (Wildman–Crippen LogP) is 3.11. The standard InChI is InChI=1S/C23H29N3O3S/c1-18-7-9-22(10-8-18)30(28,29)26-15-11-19(12-16-26)23(27)25-14-13-21(17-25)24-20-5-3-2-4-6-20/h2-10,19,21,24H,11-17H2,1H3. The largest absolute Gasteiger partial charge is 0.380 e. The number of sulfonamides is 1. The molecule has 2 heterocycles. The van der Waals surface area contributed by atoms with Gasteiger partial charge in [0, 0.05) is 43.8 Å². The van der Waals surface area contributed by atoms with Crippen LogP contribution in [0, 0.1) is 12.8 Å². The summed E-state index contributed by atoms with van der Waals surface area (Å²) in [6.07, 6.45) is 2.09. The predicted molar refractivity (Wildman–Crippen MR) is 118 cm³/mol. The minimum absolute atomic E-state index is 0.0926. The summed E-state index contributed by atoms with van der Waals surface area (Å²) in [6, 6.07) is 17.3. The maximum absolute atomic E-state index is 13.0. The van der Waals surface area contributed by atoms with Crippen LogP contribution in [0.5, 0.6) is 0 Å². The molecule has 1 N–H and O–H groups in total. The number of benzene rings is 2. The van der Waals surface area contributed by atoms with Gasteiger partial charge in [0.15, 0.2) is 0 Å². The number of aryl methyl sites for hydroxylation is 1. The monoisotopic (exact) mass is 427 g/mol. The normalized spacial score (nSPS) is 21.0. The average Bonchev–Trinajstić information content (AvgIpc) is 3.23. The van der Waals surface area contributed by atoms with Crippen LogP contribution < -0.4 is 5.32 Å². The molecule has 0 aliphatic carbocycles. The Balaban J connectivity index is 1.31. The van der Waals surface area contributed by atoms with Gasteiger partial charge in [0.25, 0.3) is 0 Å². The molecule has 2 aromatic carbocycles. The number of hydrogen-bond donors (Lipinski definition) is 1. The van der Waals surface area contributed by atoms with Gasteiger partial charge in [-0.2, -0.15) is 4.31 Å². The van der Waals surface area contributed by atoms with Crippen molar-refractivity contribution in [2.45, 2.75) is 37.1 Å². The molecule has 7 heteroatoms. The van der Waals surface area contributed by atoms with E-state index in [4.69, 9.17) is 0 Å². The Bertz CT molecular complexity index is 969. The number of nitrogens with one attached hydrogen (secondary N) is 1. The number of piperidine rings is 1. The van der Waals surface area contributed by atoms with Crippen LogP contribution in [0.3, 0.4) is 0 Å². The van der Waals surface area contributed by atoms with E-state index in [0.717, 1.165) is 24.2 Å². The topological polar surface area (TPSA) is 69.7 Å². The van der Waals surface area contributed by atoms with Crippen molar-refractivity contribution >= 4 is 21.6 Å². The van der Waals surface area contributed by atoms with Gasteiger partial charge >= 0.3 is 0 Å². The van der Waals surface area contributed by atoms with Gasteiger partial charge in [0.05, 0.1) is 4.90 Å². The molecule has 160 valence electrons. The van der Waals surface area contributed by atoms with Crippen molar-refractivity contribution in [3.63, 3.8) is 0 Å². The van der Waals surface area contributed by atoms with E-state index in [1.165, 1.54) is 4.31 Å². The van der Waals surface area contributed by atoms with Gasteiger partial charge in [0.1, 0.15) is 0 Å². The van der Waals surface area contributed by atoms with E-state index in [1.807, 2.05) is 54.3 Å². The fourth-order valence-electron chi connectivity index (χ4n) is 4.31. The zero-order chi connectivity index (χ0) is 21.1. The lowest BCUT2D eigenvalue weighted by atomic mass is 9.96. The highest BCUT2D eigenvalue weighted by atomic mass is 32.2. The van der Waals surface area contributed by atoms with Crippen molar-refractivity contribution in [3.05, 3.63) is 60.2 Å². The van der Waals surface area contributed by atoms with Gasteiger partial charge < -0.3 is 10.2 Å². The van der Waals surface area contributed by atoms with Crippen molar-refractivity contribution in [2.24, 2.45) is 5.92 Å². The molecule has 0 radical (unpaired) electrons. The highest BCUT2D eigenvalue weighted by Crippen LogP contribution is 2.27. The van der Waals surface area contributed by atoms with Crippen molar-refractivity contribution in [1.82, 2.24) is 9.21 Å². The smallest absolute Gasteiger partial charge is 0.243 e. The first-order valence-corrected chi connectivity index (χ1v) is 12.0. The molecule has 2 aliphatic rings. The van der Waals surface area contributed by atoms with Crippen molar-refractivity contribution in [2.75, 3.05) is 31.5 Å². The van der Waals surface area contributed by atoms with Crippen LogP contribution in [0.4, 0.5) is 5.69 Å². The highest BCUT2D eigenvalue weighted by molar-refractivity contribution is 7.89. The molecule has 1 unspecified atom stereocenters. The number of rotatable bonds is 5. The van der Waals surface area contributed by atoms with Gasteiger partial charge in [-0.3, -0.25) is 4.79 Å². The minimum atomic E-state index is -3.49. The number of carbonyl (C=O) groups is 1. The summed E-state index contributed by atoms with van der Waals surface area (Å²) in [5.74, 6) is 0.0738. The molecule has 0 aromatic heterocycles. The summed E-state index contributed by atoms with van der Waals surface area (Å²) in [4.78, 5) is 15.3. The summed E-state index contributed by atoms with van der Waals surface area (Å²) in [6.45, 7) is 4.19. The molecule has 0 spiro atoms. The molecule has 1 amide bonds. The lowest BCUT2D eigenvalue weighted by Gasteiger charge is -2.32. The maximum atomic E-state index is 13.0. The van der Waals surface area contributed by atoms with Crippen LogP contribution in [-0.4, -0.2) is 55.8 Å². The summed E-state index contributed by atoms with van der Waals surface area (Å²) in [5.41, 5.74) is 2.11. The summed E-state index contributed by atoms with van der Waals surface area (Å²) in [5, 5.41) is 3.50. The molecule has 1 atom stereocenters. The molecular formula is C23H29N3O3S. The Labute approximate surface area is 178 Å². The van der Waals surface area contributed by atoms with Gasteiger partial charge in [-0.15, -0.1) is 0 Å². The van der Waals surface area contributed by atoms with Gasteiger partial charge in [-0.25, -0.2) is 8.42 Å². The van der Waals surface area contributed by atoms with Crippen LogP contribution in [-0.2, 0) is 14.8 Å². The first kappa shape index (κ1) is 20.9. The summed E-state index contributed by atoms with van der Waals surface area (Å²) < 4.78 is 27.3. The molecule has 4 rings (SSSR count). The van der Waals surface area contributed by atoms with E-state index in [1.54, 1.807) is 12.1 Å². The summed E-state index contributed by atoms with van der Waals surface area (Å²) >= 11 is 0. The van der Waals surface area contributed by atoms with Crippen LogP contribution in [0.25, 0.3) is 0 Å². The van der Waals surface area contributed by atoms with E-state index in [0.29, 0.717) is 37.4 Å². The fraction of sp³-hybridized carbons (Fsp3) is 0.435. The number of likely N-dealkylation sites (tertiary alicyclic amines) is 1. The molecule has 0 bridgehead atoms. The first-order chi connectivity index (χ1) is 14.4. The van der Waals surface area contributed by atoms with Crippen molar-refractivity contribution < 1.29 is 13.2 Å². The number of nitrogens with zero attached hydrogens (tertiary/aromatic N) is 2. The second-order valence-electron chi connectivity index (χ2n) is 8.27. The number of para-hydroxylation sites is 1. The Kier molecular flexibility index (Phi) is 6.11. The van der Waals surface area contributed by atoms with Crippen LogP contribution in [0.1, 0.15) is 24.8 Å². The summed E-state index contributed by atoms with van der Waals surface area (Å²) in [7, 11) is -3.49. The van der Waals surface area contributed by atoms with E-state index in [-0.39, 0.29) is 17.9 Å². The zero-order valence-electron chi connectivity index (χ0n) is 17.3. The Morgan fingerprint density at radius 3 is 2.27 bits per heavy atom. The third-order valence-corrected chi connectivity index (χ3v) is 8.02. The molecule has 30 heavy (non-hydrogen) atoms. The third-order valence-electron chi connectivity index (χ3n) is 6.11. The van der Waals surface area contributed by atoms with E-state index in [9.17, 15) is 13.2 Å². The first-order valence-electron chi connectivity index (χ1n) is 10.6. The molecular weight excluding hydrogens is 398 g/mol. The Morgan fingerprint density at radius 2 is 1.60 bits per heavy atom.